The standard InChI is InChI=1S/C25H36N6O.HI/c1-4-26-25(29-22-12-13-30(18-22)23-8-6-5-7-9-23)28-15-21-10-11-24(27-14-21)31-16-19(2)32-20(3)17-31;/h5-11,14,19-20,22H,4,12-13,15-18H2,1-3H3,(H2,26,28,29);1H. The Morgan fingerprint density at radius 2 is 1.82 bits per heavy atom. The molecule has 2 aliphatic rings. The fourth-order valence-corrected chi connectivity index (χ4v) is 4.50. The summed E-state index contributed by atoms with van der Waals surface area (Å²) < 4.78 is 5.83. The molecule has 2 aliphatic heterocycles. The second-order valence-corrected chi connectivity index (χ2v) is 8.79. The molecule has 2 saturated heterocycles. The highest BCUT2D eigenvalue weighted by atomic mass is 127. The van der Waals surface area contributed by atoms with Crippen molar-refractivity contribution in [3.8, 4) is 0 Å². The minimum absolute atomic E-state index is 0. The predicted octanol–water partition coefficient (Wildman–Crippen LogP) is 3.65. The van der Waals surface area contributed by atoms with Gasteiger partial charge < -0.3 is 25.2 Å². The number of aliphatic imine (C=N–C) groups is 1. The van der Waals surface area contributed by atoms with Crippen LogP contribution >= 0.6 is 24.0 Å². The third kappa shape index (κ3) is 7.20. The summed E-state index contributed by atoms with van der Waals surface area (Å²) in [5.41, 5.74) is 2.40. The Kier molecular flexibility index (Phi) is 9.61. The van der Waals surface area contributed by atoms with E-state index in [-0.39, 0.29) is 36.2 Å². The molecule has 2 fully saturated rings. The first-order chi connectivity index (χ1) is 15.6. The maximum Gasteiger partial charge on any atom is 0.191 e. The number of rotatable bonds is 6. The Balaban J connectivity index is 0.00000306. The molecule has 3 atom stereocenters. The van der Waals surface area contributed by atoms with Crippen LogP contribution in [0.3, 0.4) is 0 Å². The summed E-state index contributed by atoms with van der Waals surface area (Å²) in [6, 6.07) is 15.2. The number of hydrogen-bond donors (Lipinski definition) is 2. The predicted molar refractivity (Wildman–Crippen MR) is 147 cm³/mol. The Bertz CT molecular complexity index is 868. The van der Waals surface area contributed by atoms with Crippen molar-refractivity contribution in [3.05, 3.63) is 54.2 Å². The largest absolute Gasteiger partial charge is 0.372 e. The summed E-state index contributed by atoms with van der Waals surface area (Å²) in [5.74, 6) is 1.88. The van der Waals surface area contributed by atoms with E-state index in [4.69, 9.17) is 14.7 Å². The van der Waals surface area contributed by atoms with Gasteiger partial charge in [-0.1, -0.05) is 24.3 Å². The van der Waals surface area contributed by atoms with Crippen molar-refractivity contribution < 1.29 is 4.74 Å². The van der Waals surface area contributed by atoms with Crippen LogP contribution in [0, 0.1) is 0 Å². The van der Waals surface area contributed by atoms with E-state index >= 15 is 0 Å². The summed E-state index contributed by atoms with van der Waals surface area (Å²) in [6.45, 7) is 11.6. The number of ether oxygens (including phenoxy) is 1. The summed E-state index contributed by atoms with van der Waals surface area (Å²) in [5, 5.41) is 7.00. The molecule has 0 aliphatic carbocycles. The van der Waals surface area contributed by atoms with Crippen LogP contribution in [0.2, 0.25) is 0 Å². The van der Waals surface area contributed by atoms with Crippen LogP contribution in [0.25, 0.3) is 0 Å². The lowest BCUT2D eigenvalue weighted by atomic mass is 10.2. The van der Waals surface area contributed by atoms with Crippen LogP contribution in [0.1, 0.15) is 32.8 Å². The van der Waals surface area contributed by atoms with Crippen LogP contribution in [0.5, 0.6) is 0 Å². The van der Waals surface area contributed by atoms with Crippen molar-refractivity contribution >= 4 is 41.4 Å². The summed E-state index contributed by atoms with van der Waals surface area (Å²) in [7, 11) is 0. The van der Waals surface area contributed by atoms with Gasteiger partial charge in [-0.3, -0.25) is 0 Å². The molecule has 1 aromatic heterocycles. The molecule has 4 rings (SSSR count). The van der Waals surface area contributed by atoms with E-state index in [1.54, 1.807) is 0 Å². The number of nitrogens with one attached hydrogen (secondary N) is 2. The highest BCUT2D eigenvalue weighted by molar-refractivity contribution is 14.0. The van der Waals surface area contributed by atoms with Crippen molar-refractivity contribution in [2.75, 3.05) is 42.5 Å². The van der Waals surface area contributed by atoms with E-state index in [2.05, 4.69) is 83.7 Å². The lowest BCUT2D eigenvalue weighted by molar-refractivity contribution is -0.00545. The lowest BCUT2D eigenvalue weighted by Crippen LogP contribution is -2.45. The van der Waals surface area contributed by atoms with Gasteiger partial charge >= 0.3 is 0 Å². The normalized spacial score (nSPS) is 23.2. The average Bonchev–Trinajstić information content (AvgIpc) is 3.26. The lowest BCUT2D eigenvalue weighted by Gasteiger charge is -2.36. The smallest absolute Gasteiger partial charge is 0.191 e. The van der Waals surface area contributed by atoms with Crippen LogP contribution in [-0.2, 0) is 11.3 Å². The summed E-state index contributed by atoms with van der Waals surface area (Å²) in [4.78, 5) is 14.2. The van der Waals surface area contributed by atoms with E-state index in [1.807, 2.05) is 6.20 Å². The second kappa shape index (κ2) is 12.4. The van der Waals surface area contributed by atoms with Gasteiger partial charge in [-0.15, -0.1) is 24.0 Å². The monoisotopic (exact) mass is 564 g/mol. The Hall–Kier alpha value is -2.07. The number of benzene rings is 1. The molecule has 8 heteroatoms. The van der Waals surface area contributed by atoms with Gasteiger partial charge in [0.05, 0.1) is 18.8 Å². The number of nitrogens with zero attached hydrogens (tertiary/aromatic N) is 4. The fourth-order valence-electron chi connectivity index (χ4n) is 4.50. The van der Waals surface area contributed by atoms with Gasteiger partial charge in [0.25, 0.3) is 0 Å². The van der Waals surface area contributed by atoms with Crippen LogP contribution < -0.4 is 20.4 Å². The number of guanidine groups is 1. The average molecular weight is 565 g/mol. The number of pyridine rings is 1. The molecule has 0 spiro atoms. The van der Waals surface area contributed by atoms with Crippen LogP contribution in [-0.4, -0.2) is 61.9 Å². The number of halogens is 1. The van der Waals surface area contributed by atoms with E-state index < -0.39 is 0 Å². The second-order valence-electron chi connectivity index (χ2n) is 8.79. The molecule has 0 bridgehead atoms. The van der Waals surface area contributed by atoms with E-state index in [1.165, 1.54) is 5.69 Å². The molecule has 0 radical (unpaired) electrons. The molecule has 0 saturated carbocycles. The van der Waals surface area contributed by atoms with Gasteiger partial charge in [-0.25, -0.2) is 9.98 Å². The SMILES string of the molecule is CCNC(=NCc1ccc(N2CC(C)OC(C)C2)nc1)NC1CCN(c2ccccc2)C1.I. The molecule has 7 nitrogen and oxygen atoms in total. The van der Waals surface area contributed by atoms with Gasteiger partial charge in [0.15, 0.2) is 5.96 Å². The van der Waals surface area contributed by atoms with Crippen molar-refractivity contribution in [2.24, 2.45) is 4.99 Å². The molecule has 3 heterocycles. The van der Waals surface area contributed by atoms with Gasteiger partial charge in [-0.05, 0) is 51.0 Å². The fraction of sp³-hybridized carbons (Fsp3) is 0.520. The maximum absolute atomic E-state index is 5.83. The molecular formula is C25H37IN6O. The highest BCUT2D eigenvalue weighted by Crippen LogP contribution is 2.20. The Morgan fingerprint density at radius 1 is 1.06 bits per heavy atom. The minimum atomic E-state index is 0. The number of hydrogen-bond acceptors (Lipinski definition) is 5. The molecule has 33 heavy (non-hydrogen) atoms. The number of aromatic nitrogens is 1. The van der Waals surface area contributed by atoms with Crippen molar-refractivity contribution in [1.82, 2.24) is 15.6 Å². The first kappa shape index (κ1) is 25.6. The molecular weight excluding hydrogens is 527 g/mol. The molecule has 2 aromatic rings. The molecule has 180 valence electrons. The highest BCUT2D eigenvalue weighted by Gasteiger charge is 2.24. The van der Waals surface area contributed by atoms with Crippen molar-refractivity contribution in [2.45, 2.75) is 52.0 Å². The zero-order chi connectivity index (χ0) is 22.3. The van der Waals surface area contributed by atoms with Crippen LogP contribution in [0.15, 0.2) is 53.7 Å². The van der Waals surface area contributed by atoms with Gasteiger partial charge in [0.2, 0.25) is 0 Å². The Labute approximate surface area is 215 Å². The molecule has 2 N–H and O–H groups in total. The summed E-state index contributed by atoms with van der Waals surface area (Å²) in [6.07, 6.45) is 3.50. The third-order valence-corrected chi connectivity index (χ3v) is 5.97. The van der Waals surface area contributed by atoms with E-state index in [0.29, 0.717) is 12.6 Å². The van der Waals surface area contributed by atoms with E-state index in [0.717, 1.165) is 56.5 Å². The number of morpholine rings is 1. The zero-order valence-corrected chi connectivity index (χ0v) is 22.2. The summed E-state index contributed by atoms with van der Waals surface area (Å²) >= 11 is 0. The first-order valence-electron chi connectivity index (χ1n) is 11.8. The molecule has 0 amide bonds. The van der Waals surface area contributed by atoms with Crippen molar-refractivity contribution in [1.29, 1.82) is 0 Å². The van der Waals surface area contributed by atoms with E-state index in [9.17, 15) is 0 Å². The molecule has 3 unspecified atom stereocenters. The van der Waals surface area contributed by atoms with Gasteiger partial charge in [0.1, 0.15) is 5.82 Å². The maximum atomic E-state index is 5.83. The molecule has 1 aromatic carbocycles. The number of para-hydroxylation sites is 1. The topological polar surface area (TPSA) is 65.0 Å². The quantitative estimate of drug-likeness (QED) is 0.318. The first-order valence-corrected chi connectivity index (χ1v) is 11.8. The van der Waals surface area contributed by atoms with Crippen molar-refractivity contribution in [3.63, 3.8) is 0 Å². The van der Waals surface area contributed by atoms with Gasteiger partial charge in [-0.2, -0.15) is 0 Å². The zero-order valence-electron chi connectivity index (χ0n) is 19.9. The van der Waals surface area contributed by atoms with Gasteiger partial charge in [0, 0.05) is 50.6 Å². The minimum Gasteiger partial charge on any atom is -0.372 e. The third-order valence-electron chi connectivity index (χ3n) is 5.97. The number of anilines is 2. The Morgan fingerprint density at radius 3 is 2.48 bits per heavy atom. The van der Waals surface area contributed by atoms with Crippen LogP contribution in [0.4, 0.5) is 11.5 Å².